The Bertz CT molecular complexity index is 1090. The van der Waals surface area contributed by atoms with Gasteiger partial charge in [-0.3, -0.25) is 4.79 Å². The van der Waals surface area contributed by atoms with Crippen LogP contribution in [-0.2, 0) is 9.53 Å². The predicted molar refractivity (Wildman–Crippen MR) is 134 cm³/mol. The number of halogens is 3. The number of aryl methyl sites for hydroxylation is 1. The Morgan fingerprint density at radius 3 is 2.34 bits per heavy atom. The summed E-state index contributed by atoms with van der Waals surface area (Å²) in [6, 6.07) is 4.75. The van der Waals surface area contributed by atoms with Crippen molar-refractivity contribution in [3.8, 4) is 5.75 Å². The van der Waals surface area contributed by atoms with E-state index in [0.717, 1.165) is 12.8 Å². The summed E-state index contributed by atoms with van der Waals surface area (Å²) in [5.74, 6) is -3.12. The van der Waals surface area contributed by atoms with Gasteiger partial charge in [-0.25, -0.2) is 13.6 Å². The highest BCUT2D eigenvalue weighted by atomic mass is 35.5. The third kappa shape index (κ3) is 7.92. The molecule has 5 nitrogen and oxygen atoms in total. The van der Waals surface area contributed by atoms with Crippen molar-refractivity contribution >= 4 is 28.5 Å². The molecule has 0 amide bonds. The van der Waals surface area contributed by atoms with Crippen LogP contribution in [0.25, 0.3) is 11.0 Å². The van der Waals surface area contributed by atoms with Crippen LogP contribution in [0.15, 0.2) is 27.4 Å². The Morgan fingerprint density at radius 1 is 1.11 bits per heavy atom. The van der Waals surface area contributed by atoms with Gasteiger partial charge in [0.1, 0.15) is 16.4 Å². The van der Waals surface area contributed by atoms with Crippen LogP contribution in [0.2, 0.25) is 5.02 Å². The molecule has 0 radical (unpaired) electrons. The van der Waals surface area contributed by atoms with Gasteiger partial charge in [0.2, 0.25) is 0 Å². The Morgan fingerprint density at radius 2 is 1.74 bits per heavy atom. The molecule has 0 aliphatic carbocycles. The number of benzene rings is 1. The second-order valence-corrected chi connectivity index (χ2v) is 11.3. The highest BCUT2D eigenvalue weighted by Crippen LogP contribution is 2.39. The number of esters is 1. The summed E-state index contributed by atoms with van der Waals surface area (Å²) in [6.07, 6.45) is 0.511. The number of hydrogen-bond donors (Lipinski definition) is 0. The minimum absolute atomic E-state index is 0.00863. The van der Waals surface area contributed by atoms with E-state index in [1.165, 1.54) is 6.07 Å². The lowest BCUT2D eigenvalue weighted by molar-refractivity contribution is -0.160. The van der Waals surface area contributed by atoms with Crippen molar-refractivity contribution in [2.24, 2.45) is 16.7 Å². The summed E-state index contributed by atoms with van der Waals surface area (Å²) >= 11 is 5.91. The lowest BCUT2D eigenvalue weighted by Crippen LogP contribution is -2.37. The lowest BCUT2D eigenvalue weighted by atomic mass is 9.70. The second-order valence-electron chi connectivity index (χ2n) is 10.9. The summed E-state index contributed by atoms with van der Waals surface area (Å²) in [7, 11) is 0. The smallest absolute Gasteiger partial charge is 0.355 e. The van der Waals surface area contributed by atoms with Crippen LogP contribution in [0.4, 0.5) is 8.78 Å². The van der Waals surface area contributed by atoms with Crippen LogP contribution in [0.5, 0.6) is 5.75 Å². The summed E-state index contributed by atoms with van der Waals surface area (Å²) < 4.78 is 44.6. The molecule has 1 unspecified atom stereocenters. The molecule has 1 aromatic heterocycles. The predicted octanol–water partition coefficient (Wildman–Crippen LogP) is 7.58. The summed E-state index contributed by atoms with van der Waals surface area (Å²) in [4.78, 5) is 24.4. The van der Waals surface area contributed by atoms with Crippen molar-refractivity contribution in [2.45, 2.75) is 80.1 Å². The normalized spacial score (nSPS) is 13.7. The molecule has 0 N–H and O–H groups in total. The van der Waals surface area contributed by atoms with Crippen LogP contribution in [-0.4, -0.2) is 25.1 Å². The topological polar surface area (TPSA) is 65.7 Å². The fourth-order valence-corrected chi connectivity index (χ4v) is 4.28. The molecule has 1 aromatic carbocycles. The molecule has 0 spiro atoms. The number of fused-ring (bicyclic) bond motifs is 1. The Hall–Kier alpha value is -2.15. The molecule has 0 saturated carbocycles. The molecule has 1 atom stereocenters. The van der Waals surface area contributed by atoms with Crippen molar-refractivity contribution in [3.63, 3.8) is 0 Å². The number of carbonyl (C=O) groups excluding carboxylic acids is 1. The van der Waals surface area contributed by atoms with Crippen LogP contribution >= 0.6 is 11.6 Å². The molecule has 0 aliphatic heterocycles. The molecule has 2 rings (SSSR count). The highest BCUT2D eigenvalue weighted by molar-refractivity contribution is 6.31. The molecule has 2 aromatic rings. The van der Waals surface area contributed by atoms with Gasteiger partial charge in [-0.2, -0.15) is 0 Å². The molecule has 1 heterocycles. The molecular formula is C27H37ClF2O5. The molecule has 8 heteroatoms. The quantitative estimate of drug-likeness (QED) is 0.228. The minimum Gasteiger partial charge on any atom is -0.493 e. The van der Waals surface area contributed by atoms with Gasteiger partial charge in [0.25, 0.3) is 5.92 Å². The van der Waals surface area contributed by atoms with E-state index in [2.05, 4.69) is 20.8 Å². The van der Waals surface area contributed by atoms with E-state index in [1.54, 1.807) is 19.1 Å². The number of ether oxygens (including phenoxy) is 2. The van der Waals surface area contributed by atoms with Crippen molar-refractivity contribution in [1.82, 2.24) is 0 Å². The number of alkyl halides is 2. The van der Waals surface area contributed by atoms with Crippen molar-refractivity contribution in [2.75, 3.05) is 13.2 Å². The molecule has 35 heavy (non-hydrogen) atoms. The van der Waals surface area contributed by atoms with E-state index < -0.39 is 35.8 Å². The largest absolute Gasteiger partial charge is 0.493 e. The molecule has 196 valence electrons. The molecule has 0 saturated heterocycles. The average Bonchev–Trinajstić information content (AvgIpc) is 2.74. The molecule has 0 bridgehead atoms. The van der Waals surface area contributed by atoms with Gasteiger partial charge >= 0.3 is 11.6 Å². The highest BCUT2D eigenvalue weighted by Gasteiger charge is 2.39. The fourth-order valence-electron chi connectivity index (χ4n) is 4.14. The van der Waals surface area contributed by atoms with E-state index in [9.17, 15) is 18.4 Å². The SMILES string of the molecule is CCC(CC(C)(C)C)C(C)(C)C(=O)OCCC(F)(F)CCOc1ccc2c(C)c(Cl)c(=O)oc2c1. The van der Waals surface area contributed by atoms with Crippen molar-refractivity contribution in [1.29, 1.82) is 0 Å². The van der Waals surface area contributed by atoms with Crippen LogP contribution in [0.1, 0.15) is 72.8 Å². The first-order chi connectivity index (χ1) is 16.1. The van der Waals surface area contributed by atoms with E-state index >= 15 is 0 Å². The first kappa shape index (κ1) is 29.1. The fraction of sp³-hybridized carbons (Fsp3) is 0.630. The van der Waals surface area contributed by atoms with Gasteiger partial charge in [0.05, 0.1) is 18.6 Å². The summed E-state index contributed by atoms with van der Waals surface area (Å²) in [6.45, 7) is 13.1. The first-order valence-corrected chi connectivity index (χ1v) is 12.4. The van der Waals surface area contributed by atoms with Gasteiger partial charge in [0, 0.05) is 24.3 Å². The second kappa shape index (κ2) is 11.3. The maximum Gasteiger partial charge on any atom is 0.355 e. The first-order valence-electron chi connectivity index (χ1n) is 12.0. The van der Waals surface area contributed by atoms with Gasteiger partial charge in [-0.15, -0.1) is 0 Å². The van der Waals surface area contributed by atoms with Crippen molar-refractivity contribution in [3.05, 3.63) is 39.2 Å². The zero-order valence-electron chi connectivity index (χ0n) is 21.7. The average molecular weight is 515 g/mol. The lowest BCUT2D eigenvalue weighted by Gasteiger charge is -2.36. The molecule has 0 aliphatic rings. The number of hydrogen-bond acceptors (Lipinski definition) is 5. The molecular weight excluding hydrogens is 478 g/mol. The number of rotatable bonds is 11. The van der Waals surface area contributed by atoms with Gasteiger partial charge < -0.3 is 13.9 Å². The zero-order valence-corrected chi connectivity index (χ0v) is 22.5. The molecule has 0 fully saturated rings. The van der Waals surface area contributed by atoms with E-state index in [4.69, 9.17) is 25.5 Å². The standard InChI is InChI=1S/C27H37ClF2O5/c1-8-18(16-25(3,4)5)26(6,7)24(32)34-14-12-27(29,30)11-13-33-19-9-10-20-17(2)22(28)23(31)35-21(20)15-19/h9-10,15,18H,8,11-14,16H2,1-7H3. The minimum atomic E-state index is -3.06. The summed E-state index contributed by atoms with van der Waals surface area (Å²) in [5, 5.41) is 0.652. The Balaban J connectivity index is 1.88. The Labute approximate surface area is 211 Å². The third-order valence-corrected chi connectivity index (χ3v) is 6.84. The summed E-state index contributed by atoms with van der Waals surface area (Å²) in [5.41, 5.74) is -0.520. The van der Waals surface area contributed by atoms with E-state index in [1.807, 2.05) is 20.8 Å². The number of carbonyl (C=O) groups is 1. The van der Waals surface area contributed by atoms with E-state index in [0.29, 0.717) is 16.7 Å². The van der Waals surface area contributed by atoms with Crippen LogP contribution < -0.4 is 10.4 Å². The third-order valence-electron chi connectivity index (χ3n) is 6.40. The monoisotopic (exact) mass is 514 g/mol. The van der Waals surface area contributed by atoms with Crippen molar-refractivity contribution < 1.29 is 27.5 Å². The van der Waals surface area contributed by atoms with Crippen LogP contribution in [0, 0.1) is 23.7 Å². The van der Waals surface area contributed by atoms with Gasteiger partial charge in [0.15, 0.2) is 0 Å². The maximum atomic E-state index is 14.4. The van der Waals surface area contributed by atoms with E-state index in [-0.39, 0.29) is 35.2 Å². The van der Waals surface area contributed by atoms with Gasteiger partial charge in [-0.05, 0) is 56.2 Å². The van der Waals surface area contributed by atoms with Gasteiger partial charge in [-0.1, -0.05) is 45.7 Å². The Kier molecular flexibility index (Phi) is 9.37. The van der Waals surface area contributed by atoms with Crippen LogP contribution in [0.3, 0.4) is 0 Å². The zero-order chi connectivity index (χ0) is 26.6. The maximum absolute atomic E-state index is 14.4.